The summed E-state index contributed by atoms with van der Waals surface area (Å²) in [6, 6.07) is 0. The first-order valence-corrected chi connectivity index (χ1v) is 3.93. The van der Waals surface area contributed by atoms with Crippen LogP contribution in [0.2, 0.25) is 0 Å². The van der Waals surface area contributed by atoms with Crippen LogP contribution in [0.1, 0.15) is 0 Å². The first-order valence-electron chi connectivity index (χ1n) is 3.13. The minimum Gasteiger partial charge on any atom is -0.387 e. The summed E-state index contributed by atoms with van der Waals surface area (Å²) in [6.45, 7) is 0. The molecule has 0 aromatic carbocycles. The monoisotopic (exact) mass is 224 g/mol. The topological polar surface area (TPSA) is 80.9 Å². The molecule has 0 fully saturated rings. The summed E-state index contributed by atoms with van der Waals surface area (Å²) in [5, 5.41) is 36.2. The van der Waals surface area contributed by atoms with E-state index in [-0.39, 0.29) is 0 Å². The van der Waals surface area contributed by atoms with Crippen LogP contribution in [0.15, 0.2) is 10.6 Å². The van der Waals surface area contributed by atoms with Crippen LogP contribution < -0.4 is 0 Å². The zero-order chi connectivity index (χ0) is 8.59. The zero-order valence-corrected chi connectivity index (χ0v) is 7.14. The molecule has 64 valence electrons. The van der Waals surface area contributed by atoms with Gasteiger partial charge in [-0.1, -0.05) is 15.9 Å². The largest absolute Gasteiger partial charge is 0.387 e. The second-order valence-electron chi connectivity index (χ2n) is 2.47. The summed E-state index contributed by atoms with van der Waals surface area (Å²) in [5.41, 5.74) is 0. The van der Waals surface area contributed by atoms with E-state index < -0.39 is 24.4 Å². The highest BCUT2D eigenvalue weighted by Crippen LogP contribution is 2.23. The van der Waals surface area contributed by atoms with Gasteiger partial charge in [0.2, 0.25) is 0 Å². The molecule has 1 rings (SSSR count). The Kier molecular flexibility index (Phi) is 2.66. The first kappa shape index (κ1) is 9.15. The van der Waals surface area contributed by atoms with Crippen molar-refractivity contribution in [3.05, 3.63) is 10.6 Å². The molecule has 4 atom stereocenters. The van der Waals surface area contributed by atoms with Crippen molar-refractivity contribution in [3.8, 4) is 0 Å². The average Bonchev–Trinajstić information content (AvgIpc) is 1.97. The summed E-state index contributed by atoms with van der Waals surface area (Å²) in [7, 11) is 0. The molecule has 11 heavy (non-hydrogen) atoms. The van der Waals surface area contributed by atoms with Gasteiger partial charge in [0, 0.05) is 4.48 Å². The Morgan fingerprint density at radius 3 is 2.18 bits per heavy atom. The van der Waals surface area contributed by atoms with Crippen molar-refractivity contribution < 1.29 is 20.4 Å². The predicted molar refractivity (Wildman–Crippen MR) is 41.0 cm³/mol. The van der Waals surface area contributed by atoms with E-state index in [9.17, 15) is 0 Å². The third-order valence-corrected chi connectivity index (χ3v) is 2.37. The SMILES string of the molecule is O[C@@H]1[C@H](O)[C@H](O)C(Br)=C[C@@H]1O. The maximum Gasteiger partial charge on any atom is 0.114 e. The third kappa shape index (κ3) is 1.62. The number of aliphatic hydroxyl groups is 4. The summed E-state index contributed by atoms with van der Waals surface area (Å²) in [4.78, 5) is 0. The van der Waals surface area contributed by atoms with Crippen molar-refractivity contribution in [1.29, 1.82) is 0 Å². The van der Waals surface area contributed by atoms with E-state index >= 15 is 0 Å². The summed E-state index contributed by atoms with van der Waals surface area (Å²) < 4.78 is 0.294. The summed E-state index contributed by atoms with van der Waals surface area (Å²) in [6.07, 6.45) is -3.66. The van der Waals surface area contributed by atoms with E-state index in [0.29, 0.717) is 4.48 Å². The first-order chi connectivity index (χ1) is 5.04. The van der Waals surface area contributed by atoms with Crippen molar-refractivity contribution in [2.45, 2.75) is 24.4 Å². The number of halogens is 1. The van der Waals surface area contributed by atoms with E-state index in [1.54, 1.807) is 0 Å². The molecule has 0 saturated carbocycles. The summed E-state index contributed by atoms with van der Waals surface area (Å²) >= 11 is 2.94. The Morgan fingerprint density at radius 2 is 1.64 bits per heavy atom. The molecule has 4 nitrogen and oxygen atoms in total. The van der Waals surface area contributed by atoms with Crippen molar-refractivity contribution in [2.75, 3.05) is 0 Å². The van der Waals surface area contributed by atoms with Crippen molar-refractivity contribution in [3.63, 3.8) is 0 Å². The maximum absolute atomic E-state index is 9.10. The second-order valence-corrected chi connectivity index (χ2v) is 3.38. The van der Waals surface area contributed by atoms with Gasteiger partial charge in [-0.15, -0.1) is 0 Å². The molecule has 4 N–H and O–H groups in total. The van der Waals surface area contributed by atoms with E-state index in [1.807, 2.05) is 0 Å². The fraction of sp³-hybridized carbons (Fsp3) is 0.667. The van der Waals surface area contributed by atoms with Gasteiger partial charge in [0.1, 0.15) is 24.4 Å². The number of aliphatic hydroxyl groups excluding tert-OH is 4. The molecule has 0 spiro atoms. The summed E-state index contributed by atoms with van der Waals surface area (Å²) in [5.74, 6) is 0. The minimum absolute atomic E-state index is 0.294. The average molecular weight is 225 g/mol. The zero-order valence-electron chi connectivity index (χ0n) is 5.55. The molecule has 0 heterocycles. The van der Waals surface area contributed by atoms with Crippen LogP contribution >= 0.6 is 15.9 Å². The van der Waals surface area contributed by atoms with Gasteiger partial charge in [0.15, 0.2) is 0 Å². The lowest BCUT2D eigenvalue weighted by Gasteiger charge is -2.29. The van der Waals surface area contributed by atoms with Gasteiger partial charge in [-0.05, 0) is 6.08 Å². The standard InChI is InChI=1S/C6H9BrO4/c7-2-1-3(8)5(10)6(11)4(2)9/h1,3-6,8-11H/t3-,4+,5-,6+/m0/s1. The Balaban J connectivity index is 2.83. The Hall–Kier alpha value is 0.0600. The minimum atomic E-state index is -1.33. The van der Waals surface area contributed by atoms with Crippen LogP contribution in [0.5, 0.6) is 0 Å². The second kappa shape index (κ2) is 3.20. The fourth-order valence-corrected chi connectivity index (χ4v) is 1.45. The maximum atomic E-state index is 9.10. The van der Waals surface area contributed by atoms with Crippen LogP contribution in [0.25, 0.3) is 0 Å². The molecule has 5 heteroatoms. The molecule has 0 bridgehead atoms. The lowest BCUT2D eigenvalue weighted by atomic mass is 9.96. The molecular formula is C6H9BrO4. The fourth-order valence-electron chi connectivity index (χ4n) is 0.912. The smallest absolute Gasteiger partial charge is 0.114 e. The van der Waals surface area contributed by atoms with Crippen LogP contribution in [0.4, 0.5) is 0 Å². The number of hydrogen-bond donors (Lipinski definition) is 4. The molecular weight excluding hydrogens is 216 g/mol. The van der Waals surface area contributed by atoms with Crippen LogP contribution in [-0.2, 0) is 0 Å². The van der Waals surface area contributed by atoms with Crippen molar-refractivity contribution >= 4 is 15.9 Å². The van der Waals surface area contributed by atoms with Gasteiger partial charge in [-0.25, -0.2) is 0 Å². The van der Waals surface area contributed by atoms with Crippen LogP contribution in [0.3, 0.4) is 0 Å². The van der Waals surface area contributed by atoms with E-state index in [1.165, 1.54) is 6.08 Å². The quantitative estimate of drug-likeness (QED) is 0.414. The molecule has 0 amide bonds. The Bertz CT molecular complexity index is 181. The van der Waals surface area contributed by atoms with Gasteiger partial charge >= 0.3 is 0 Å². The van der Waals surface area contributed by atoms with Crippen LogP contribution in [0, 0.1) is 0 Å². The molecule has 0 aromatic heterocycles. The molecule has 1 aliphatic carbocycles. The highest BCUT2D eigenvalue weighted by Gasteiger charge is 2.35. The molecule has 0 aromatic rings. The Labute approximate surface area is 71.9 Å². The lowest BCUT2D eigenvalue weighted by Crippen LogP contribution is -2.47. The van der Waals surface area contributed by atoms with Crippen LogP contribution in [-0.4, -0.2) is 44.8 Å². The van der Waals surface area contributed by atoms with E-state index in [0.717, 1.165) is 0 Å². The molecule has 0 aliphatic heterocycles. The van der Waals surface area contributed by atoms with E-state index in [4.69, 9.17) is 20.4 Å². The third-order valence-electron chi connectivity index (χ3n) is 1.64. The van der Waals surface area contributed by atoms with Gasteiger partial charge in [-0.2, -0.15) is 0 Å². The lowest BCUT2D eigenvalue weighted by molar-refractivity contribution is -0.0894. The highest BCUT2D eigenvalue weighted by molar-refractivity contribution is 9.11. The molecule has 0 radical (unpaired) electrons. The van der Waals surface area contributed by atoms with E-state index in [2.05, 4.69) is 15.9 Å². The highest BCUT2D eigenvalue weighted by atomic mass is 79.9. The normalized spacial score (nSPS) is 45.4. The van der Waals surface area contributed by atoms with Gasteiger partial charge in [-0.3, -0.25) is 0 Å². The predicted octanol–water partition coefficient (Wildman–Crippen LogP) is -1.28. The van der Waals surface area contributed by atoms with Gasteiger partial charge in [0.05, 0.1) is 0 Å². The molecule has 1 aliphatic rings. The van der Waals surface area contributed by atoms with Gasteiger partial charge < -0.3 is 20.4 Å². The van der Waals surface area contributed by atoms with Crippen molar-refractivity contribution in [1.82, 2.24) is 0 Å². The van der Waals surface area contributed by atoms with Crippen molar-refractivity contribution in [2.24, 2.45) is 0 Å². The van der Waals surface area contributed by atoms with Gasteiger partial charge in [0.25, 0.3) is 0 Å². The molecule has 0 unspecified atom stereocenters. The Morgan fingerprint density at radius 1 is 1.09 bits per heavy atom. The molecule has 0 saturated heterocycles. The number of rotatable bonds is 0. The number of hydrogen-bond acceptors (Lipinski definition) is 4.